The zero-order chi connectivity index (χ0) is 15.1. The molecule has 0 radical (unpaired) electrons. The Balaban J connectivity index is 2.35. The van der Waals surface area contributed by atoms with Crippen molar-refractivity contribution >= 4 is 27.5 Å². The highest BCUT2D eigenvalue weighted by atomic mass is 32.1. The number of fused-ring (bicyclic) bond motifs is 1. The summed E-state index contributed by atoms with van der Waals surface area (Å²) in [5.74, 6) is 0.491. The van der Waals surface area contributed by atoms with Gasteiger partial charge in [0.25, 0.3) is 5.56 Å². The van der Waals surface area contributed by atoms with E-state index in [1.54, 1.807) is 32.2 Å². The van der Waals surface area contributed by atoms with Gasteiger partial charge in [0, 0.05) is 10.9 Å². The second-order valence-electron chi connectivity index (χ2n) is 4.72. The van der Waals surface area contributed by atoms with Gasteiger partial charge in [-0.25, -0.2) is 4.98 Å². The second kappa shape index (κ2) is 4.85. The van der Waals surface area contributed by atoms with Crippen molar-refractivity contribution in [3.8, 4) is 11.3 Å². The third-order valence-electron chi connectivity index (χ3n) is 3.40. The molecule has 0 aromatic carbocycles. The van der Waals surface area contributed by atoms with Gasteiger partial charge in [-0.2, -0.15) is 0 Å². The van der Waals surface area contributed by atoms with Gasteiger partial charge in [-0.3, -0.25) is 14.2 Å². The first-order valence-electron chi connectivity index (χ1n) is 6.34. The van der Waals surface area contributed by atoms with E-state index in [2.05, 4.69) is 4.98 Å². The van der Waals surface area contributed by atoms with Crippen LogP contribution in [0, 0.1) is 6.92 Å². The molecule has 0 fully saturated rings. The Bertz CT molecular complexity index is 877. The number of thiophene rings is 1. The first-order chi connectivity index (χ1) is 10.0. The van der Waals surface area contributed by atoms with E-state index in [9.17, 15) is 9.59 Å². The highest BCUT2D eigenvalue weighted by molar-refractivity contribution is 7.17. The second-order valence-corrected chi connectivity index (χ2v) is 5.58. The van der Waals surface area contributed by atoms with Gasteiger partial charge < -0.3 is 10.2 Å². The van der Waals surface area contributed by atoms with E-state index in [0.717, 1.165) is 0 Å². The van der Waals surface area contributed by atoms with Crippen LogP contribution in [0.2, 0.25) is 0 Å². The van der Waals surface area contributed by atoms with E-state index in [4.69, 9.17) is 10.2 Å². The highest BCUT2D eigenvalue weighted by Gasteiger charge is 2.21. The van der Waals surface area contributed by atoms with E-state index >= 15 is 0 Å². The summed E-state index contributed by atoms with van der Waals surface area (Å²) in [6, 6.07) is 2.78. The number of primary amides is 1. The summed E-state index contributed by atoms with van der Waals surface area (Å²) in [6.45, 7) is 3.27. The number of aryl methyl sites for hydroxylation is 1. The summed E-state index contributed by atoms with van der Waals surface area (Å²) in [5, 5.41) is 2.28. The number of hydrogen-bond acceptors (Lipinski definition) is 5. The van der Waals surface area contributed by atoms with Crippen LogP contribution in [0.25, 0.3) is 21.5 Å². The number of carbonyl (C=O) groups is 1. The minimum Gasteiger partial charge on any atom is -0.464 e. The zero-order valence-electron chi connectivity index (χ0n) is 11.5. The van der Waals surface area contributed by atoms with Crippen molar-refractivity contribution in [2.45, 2.75) is 19.9 Å². The molecule has 0 aliphatic heterocycles. The fraction of sp³-hybridized carbons (Fsp3) is 0.214. The number of carbonyl (C=O) groups excluding carboxylic acids is 1. The van der Waals surface area contributed by atoms with Gasteiger partial charge >= 0.3 is 0 Å². The van der Waals surface area contributed by atoms with Crippen LogP contribution in [0.3, 0.4) is 0 Å². The average Bonchev–Trinajstić information content (AvgIpc) is 3.06. The van der Waals surface area contributed by atoms with E-state index in [1.807, 2.05) is 5.38 Å². The molecule has 3 heterocycles. The number of rotatable bonds is 3. The molecule has 0 aliphatic carbocycles. The Kier molecular flexibility index (Phi) is 3.13. The molecule has 1 amide bonds. The Morgan fingerprint density at radius 2 is 2.29 bits per heavy atom. The van der Waals surface area contributed by atoms with Crippen LogP contribution in [0.1, 0.15) is 18.8 Å². The van der Waals surface area contributed by atoms with Gasteiger partial charge in [-0.05, 0) is 26.0 Å². The fourth-order valence-electron chi connectivity index (χ4n) is 2.30. The van der Waals surface area contributed by atoms with Gasteiger partial charge in [-0.1, -0.05) is 0 Å². The molecule has 108 valence electrons. The monoisotopic (exact) mass is 303 g/mol. The highest BCUT2D eigenvalue weighted by Crippen LogP contribution is 2.31. The Morgan fingerprint density at radius 1 is 1.52 bits per heavy atom. The molecule has 0 aliphatic rings. The lowest BCUT2D eigenvalue weighted by Crippen LogP contribution is -2.34. The molecule has 0 bridgehead atoms. The van der Waals surface area contributed by atoms with Crippen molar-refractivity contribution < 1.29 is 9.21 Å². The summed E-state index contributed by atoms with van der Waals surface area (Å²) >= 11 is 1.37. The van der Waals surface area contributed by atoms with Crippen LogP contribution in [0.15, 0.2) is 33.0 Å². The Hall–Kier alpha value is -2.41. The summed E-state index contributed by atoms with van der Waals surface area (Å²) in [7, 11) is 0. The molecule has 6 nitrogen and oxygen atoms in total. The van der Waals surface area contributed by atoms with Crippen LogP contribution < -0.4 is 11.3 Å². The van der Waals surface area contributed by atoms with Gasteiger partial charge in [0.1, 0.15) is 22.5 Å². The van der Waals surface area contributed by atoms with Gasteiger partial charge in [0.15, 0.2) is 0 Å². The molecule has 0 saturated heterocycles. The van der Waals surface area contributed by atoms with E-state index in [1.165, 1.54) is 15.9 Å². The molecule has 0 spiro atoms. The van der Waals surface area contributed by atoms with Crippen LogP contribution >= 0.6 is 11.3 Å². The number of furan rings is 1. The minimum absolute atomic E-state index is 0.281. The van der Waals surface area contributed by atoms with Crippen molar-refractivity contribution in [3.63, 3.8) is 0 Å². The lowest BCUT2D eigenvalue weighted by Gasteiger charge is -2.14. The minimum atomic E-state index is -0.751. The SMILES string of the molecule is Cc1nc2scc(-c3ccco3)c2c(=O)n1C(C)C(N)=O. The molecule has 3 rings (SSSR count). The molecule has 0 saturated carbocycles. The molecule has 1 atom stereocenters. The molecule has 21 heavy (non-hydrogen) atoms. The third-order valence-corrected chi connectivity index (χ3v) is 4.27. The lowest BCUT2D eigenvalue weighted by atomic mass is 10.2. The molecular weight excluding hydrogens is 290 g/mol. The Morgan fingerprint density at radius 3 is 2.90 bits per heavy atom. The average molecular weight is 303 g/mol. The molecule has 3 aromatic heterocycles. The summed E-state index contributed by atoms with van der Waals surface area (Å²) < 4.78 is 6.68. The molecular formula is C14H13N3O3S. The zero-order valence-corrected chi connectivity index (χ0v) is 12.3. The van der Waals surface area contributed by atoms with E-state index in [-0.39, 0.29) is 5.56 Å². The maximum atomic E-state index is 12.8. The van der Waals surface area contributed by atoms with Crippen LogP contribution in [0.4, 0.5) is 0 Å². The van der Waals surface area contributed by atoms with Crippen LogP contribution in [0.5, 0.6) is 0 Å². The maximum Gasteiger partial charge on any atom is 0.263 e. The first kappa shape index (κ1) is 13.6. The van der Waals surface area contributed by atoms with Crippen molar-refractivity contribution in [3.05, 3.63) is 40.0 Å². The molecule has 7 heteroatoms. The third kappa shape index (κ3) is 2.06. The summed E-state index contributed by atoms with van der Waals surface area (Å²) in [4.78, 5) is 29.2. The topological polar surface area (TPSA) is 91.1 Å². The smallest absolute Gasteiger partial charge is 0.263 e. The van der Waals surface area contributed by atoms with Crippen molar-refractivity contribution in [1.82, 2.24) is 9.55 Å². The quantitative estimate of drug-likeness (QED) is 0.802. The van der Waals surface area contributed by atoms with E-state index < -0.39 is 11.9 Å². The number of hydrogen-bond donors (Lipinski definition) is 1. The number of nitrogens with two attached hydrogens (primary N) is 1. The first-order valence-corrected chi connectivity index (χ1v) is 7.22. The number of aromatic nitrogens is 2. The van der Waals surface area contributed by atoms with Crippen molar-refractivity contribution in [1.29, 1.82) is 0 Å². The van der Waals surface area contributed by atoms with E-state index in [0.29, 0.717) is 27.4 Å². The standard InChI is InChI=1S/C14H13N3O3S/c1-7(12(15)18)17-8(2)16-13-11(14(17)19)9(6-21-13)10-4-3-5-20-10/h3-7H,1-2H3,(H2,15,18). The predicted molar refractivity (Wildman–Crippen MR) is 80.2 cm³/mol. The lowest BCUT2D eigenvalue weighted by molar-refractivity contribution is -0.120. The number of amides is 1. The fourth-order valence-corrected chi connectivity index (χ4v) is 3.26. The predicted octanol–water partition coefficient (Wildman–Crippen LogP) is 2.07. The van der Waals surface area contributed by atoms with Crippen LogP contribution in [-0.4, -0.2) is 15.5 Å². The summed E-state index contributed by atoms with van der Waals surface area (Å²) in [6.07, 6.45) is 1.55. The molecule has 2 N–H and O–H groups in total. The molecule has 1 unspecified atom stereocenters. The Labute approximate surface area is 123 Å². The largest absolute Gasteiger partial charge is 0.464 e. The molecule has 3 aromatic rings. The normalized spacial score (nSPS) is 12.7. The summed E-state index contributed by atoms with van der Waals surface area (Å²) in [5.41, 5.74) is 5.72. The van der Waals surface area contributed by atoms with Crippen molar-refractivity contribution in [2.24, 2.45) is 5.73 Å². The van der Waals surface area contributed by atoms with Gasteiger partial charge in [-0.15, -0.1) is 11.3 Å². The van der Waals surface area contributed by atoms with Gasteiger partial charge in [0.2, 0.25) is 5.91 Å². The van der Waals surface area contributed by atoms with Crippen molar-refractivity contribution in [2.75, 3.05) is 0 Å². The maximum absolute atomic E-state index is 12.8. The van der Waals surface area contributed by atoms with Gasteiger partial charge in [0.05, 0.1) is 11.6 Å². The van der Waals surface area contributed by atoms with Crippen LogP contribution in [-0.2, 0) is 4.79 Å². The number of nitrogens with zero attached hydrogens (tertiary/aromatic N) is 2.